The highest BCUT2D eigenvalue weighted by atomic mass is 16.5. The highest BCUT2D eigenvalue weighted by Crippen LogP contribution is 2.05. The highest BCUT2D eigenvalue weighted by molar-refractivity contribution is 5.88. The van der Waals surface area contributed by atoms with Crippen LogP contribution in [0.5, 0.6) is 0 Å². The van der Waals surface area contributed by atoms with E-state index in [1.807, 2.05) is 0 Å². The maximum Gasteiger partial charge on any atom is 0.358 e. The van der Waals surface area contributed by atoms with Crippen LogP contribution in [0.15, 0.2) is 0 Å². The summed E-state index contributed by atoms with van der Waals surface area (Å²) in [6, 6.07) is 0. The van der Waals surface area contributed by atoms with E-state index < -0.39 is 5.97 Å². The van der Waals surface area contributed by atoms with E-state index in [-0.39, 0.29) is 12.2 Å². The van der Waals surface area contributed by atoms with Crippen molar-refractivity contribution in [2.75, 3.05) is 7.11 Å². The van der Waals surface area contributed by atoms with Gasteiger partial charge in [0, 0.05) is 6.54 Å². The molecule has 0 bridgehead atoms. The van der Waals surface area contributed by atoms with E-state index in [9.17, 15) is 4.79 Å². The molecule has 1 aromatic heterocycles. The molecule has 0 radical (unpaired) electrons. The largest absolute Gasteiger partial charge is 0.464 e. The molecular weight excluding hydrogens is 158 g/mol. The lowest BCUT2D eigenvalue weighted by atomic mass is 10.3. The minimum absolute atomic E-state index is 0.255. The number of nitrogens with two attached hydrogens (primary N) is 1. The Bertz CT molecular complexity index is 293. The molecule has 0 saturated carbocycles. The molecule has 1 aromatic rings. The Balaban J connectivity index is 3.04. The van der Waals surface area contributed by atoms with Gasteiger partial charge in [-0.3, -0.25) is 0 Å². The van der Waals surface area contributed by atoms with E-state index in [4.69, 9.17) is 5.73 Å². The van der Waals surface area contributed by atoms with Crippen molar-refractivity contribution in [3.63, 3.8) is 0 Å². The number of methoxy groups -OCH3 is 1. The SMILES string of the molecule is COC(=O)c1nc(C)[nH]c1CN. The van der Waals surface area contributed by atoms with Gasteiger partial charge in [0.1, 0.15) is 5.82 Å². The Morgan fingerprint density at radius 2 is 2.42 bits per heavy atom. The third kappa shape index (κ3) is 1.45. The molecule has 3 N–H and O–H groups in total. The number of ether oxygens (including phenoxy) is 1. The fraction of sp³-hybridized carbons (Fsp3) is 0.429. The first-order valence-electron chi connectivity index (χ1n) is 3.53. The number of nitrogens with one attached hydrogen (secondary N) is 1. The average Bonchev–Trinajstić information content (AvgIpc) is 2.45. The van der Waals surface area contributed by atoms with Crippen LogP contribution >= 0.6 is 0 Å². The molecule has 0 unspecified atom stereocenters. The molecule has 12 heavy (non-hydrogen) atoms. The Morgan fingerprint density at radius 3 is 2.92 bits per heavy atom. The van der Waals surface area contributed by atoms with Gasteiger partial charge >= 0.3 is 5.97 Å². The van der Waals surface area contributed by atoms with Gasteiger partial charge in [0.25, 0.3) is 0 Å². The van der Waals surface area contributed by atoms with E-state index in [0.29, 0.717) is 11.5 Å². The van der Waals surface area contributed by atoms with Crippen molar-refractivity contribution in [2.24, 2.45) is 5.73 Å². The molecule has 66 valence electrons. The van der Waals surface area contributed by atoms with Gasteiger partial charge in [0.2, 0.25) is 0 Å². The summed E-state index contributed by atoms with van der Waals surface area (Å²) < 4.78 is 4.52. The molecule has 0 fully saturated rings. The van der Waals surface area contributed by atoms with E-state index >= 15 is 0 Å². The maximum atomic E-state index is 11.0. The molecule has 1 heterocycles. The number of carbonyl (C=O) groups excluding carboxylic acids is 1. The van der Waals surface area contributed by atoms with Crippen molar-refractivity contribution in [3.8, 4) is 0 Å². The first kappa shape index (κ1) is 8.73. The number of aryl methyl sites for hydroxylation is 1. The second-order valence-electron chi connectivity index (χ2n) is 2.35. The Morgan fingerprint density at radius 1 is 1.75 bits per heavy atom. The molecule has 0 spiro atoms. The molecule has 0 aliphatic carbocycles. The smallest absolute Gasteiger partial charge is 0.358 e. The normalized spacial score (nSPS) is 9.92. The van der Waals surface area contributed by atoms with Crippen molar-refractivity contribution >= 4 is 5.97 Å². The second kappa shape index (κ2) is 3.36. The molecular formula is C7H11N3O2. The summed E-state index contributed by atoms with van der Waals surface area (Å²) in [4.78, 5) is 17.9. The van der Waals surface area contributed by atoms with Gasteiger partial charge in [-0.15, -0.1) is 0 Å². The number of hydrogen-bond donors (Lipinski definition) is 2. The predicted octanol–water partition coefficient (Wildman–Crippen LogP) is -0.0366. The van der Waals surface area contributed by atoms with E-state index in [2.05, 4.69) is 14.7 Å². The highest BCUT2D eigenvalue weighted by Gasteiger charge is 2.14. The summed E-state index contributed by atoms with van der Waals surface area (Å²) in [5.41, 5.74) is 6.26. The summed E-state index contributed by atoms with van der Waals surface area (Å²) in [6.45, 7) is 2.01. The van der Waals surface area contributed by atoms with Crippen molar-refractivity contribution in [3.05, 3.63) is 17.2 Å². The van der Waals surface area contributed by atoms with Crippen LogP contribution in [0.4, 0.5) is 0 Å². The van der Waals surface area contributed by atoms with Crippen molar-refractivity contribution in [2.45, 2.75) is 13.5 Å². The molecule has 0 amide bonds. The molecule has 0 saturated heterocycles. The van der Waals surface area contributed by atoms with Gasteiger partial charge < -0.3 is 15.5 Å². The fourth-order valence-corrected chi connectivity index (χ4v) is 0.954. The number of H-pyrrole nitrogens is 1. The average molecular weight is 169 g/mol. The van der Waals surface area contributed by atoms with Gasteiger partial charge in [-0.2, -0.15) is 0 Å². The molecule has 0 aromatic carbocycles. The monoisotopic (exact) mass is 169 g/mol. The van der Waals surface area contributed by atoms with Crippen LogP contribution in [-0.4, -0.2) is 23.0 Å². The fourth-order valence-electron chi connectivity index (χ4n) is 0.954. The number of aromatic amines is 1. The number of aromatic nitrogens is 2. The predicted molar refractivity (Wildman–Crippen MR) is 42.6 cm³/mol. The Kier molecular flexibility index (Phi) is 2.44. The summed E-state index contributed by atoms with van der Waals surface area (Å²) in [5.74, 6) is 0.204. The summed E-state index contributed by atoms with van der Waals surface area (Å²) in [5, 5.41) is 0. The van der Waals surface area contributed by atoms with E-state index in [0.717, 1.165) is 0 Å². The van der Waals surface area contributed by atoms with Crippen LogP contribution in [0.2, 0.25) is 0 Å². The number of rotatable bonds is 2. The van der Waals surface area contributed by atoms with Gasteiger partial charge in [-0.1, -0.05) is 0 Å². The summed E-state index contributed by atoms with van der Waals surface area (Å²) >= 11 is 0. The van der Waals surface area contributed by atoms with Crippen LogP contribution < -0.4 is 5.73 Å². The number of carbonyl (C=O) groups is 1. The van der Waals surface area contributed by atoms with Crippen molar-refractivity contribution in [1.82, 2.24) is 9.97 Å². The molecule has 5 nitrogen and oxygen atoms in total. The minimum atomic E-state index is -0.459. The maximum absolute atomic E-state index is 11.0. The standard InChI is InChI=1S/C7H11N3O2/c1-4-9-5(3-8)6(10-4)7(11)12-2/h3,8H2,1-2H3,(H,9,10). The van der Waals surface area contributed by atoms with Gasteiger partial charge in [-0.05, 0) is 6.92 Å². The lowest BCUT2D eigenvalue weighted by Gasteiger charge is -1.95. The van der Waals surface area contributed by atoms with Crippen LogP contribution in [0.3, 0.4) is 0 Å². The van der Waals surface area contributed by atoms with Crippen LogP contribution in [0.25, 0.3) is 0 Å². The first-order chi connectivity index (χ1) is 5.69. The van der Waals surface area contributed by atoms with E-state index in [1.54, 1.807) is 6.92 Å². The van der Waals surface area contributed by atoms with Crippen molar-refractivity contribution in [1.29, 1.82) is 0 Å². The second-order valence-corrected chi connectivity index (χ2v) is 2.35. The third-order valence-electron chi connectivity index (χ3n) is 1.48. The number of hydrogen-bond acceptors (Lipinski definition) is 4. The zero-order chi connectivity index (χ0) is 9.14. The minimum Gasteiger partial charge on any atom is -0.464 e. The number of nitrogens with zero attached hydrogens (tertiary/aromatic N) is 1. The van der Waals surface area contributed by atoms with Crippen molar-refractivity contribution < 1.29 is 9.53 Å². The first-order valence-corrected chi connectivity index (χ1v) is 3.53. The Labute approximate surface area is 69.9 Å². The zero-order valence-corrected chi connectivity index (χ0v) is 7.05. The van der Waals surface area contributed by atoms with Gasteiger partial charge in [0.15, 0.2) is 5.69 Å². The lowest BCUT2D eigenvalue weighted by molar-refractivity contribution is 0.0593. The summed E-state index contributed by atoms with van der Waals surface area (Å²) in [7, 11) is 1.31. The zero-order valence-electron chi connectivity index (χ0n) is 7.05. The lowest BCUT2D eigenvalue weighted by Crippen LogP contribution is -2.08. The quantitative estimate of drug-likeness (QED) is 0.609. The van der Waals surface area contributed by atoms with Crippen LogP contribution in [-0.2, 0) is 11.3 Å². The molecule has 1 rings (SSSR count). The van der Waals surface area contributed by atoms with Crippen LogP contribution in [0, 0.1) is 6.92 Å². The molecule has 0 aliphatic heterocycles. The topological polar surface area (TPSA) is 81.0 Å². The number of esters is 1. The number of imidazole rings is 1. The molecule has 0 aliphatic rings. The van der Waals surface area contributed by atoms with Gasteiger partial charge in [0.05, 0.1) is 12.8 Å². The Hall–Kier alpha value is -1.36. The van der Waals surface area contributed by atoms with Crippen LogP contribution in [0.1, 0.15) is 22.0 Å². The molecule has 0 atom stereocenters. The molecule has 5 heteroatoms. The third-order valence-corrected chi connectivity index (χ3v) is 1.48. The van der Waals surface area contributed by atoms with E-state index in [1.165, 1.54) is 7.11 Å². The summed E-state index contributed by atoms with van der Waals surface area (Å²) in [6.07, 6.45) is 0. The van der Waals surface area contributed by atoms with Gasteiger partial charge in [-0.25, -0.2) is 9.78 Å².